The number of likely N-dealkylation sites (N-methyl/N-ethyl adjacent to an activating group) is 1. The normalized spacial score (nSPS) is 24.1. The molecule has 7 heteroatoms. The lowest BCUT2D eigenvalue weighted by Crippen LogP contribution is -2.58. The van der Waals surface area contributed by atoms with Crippen LogP contribution in [0.1, 0.15) is 24.7 Å². The lowest BCUT2D eigenvalue weighted by Gasteiger charge is -2.43. The number of ether oxygens (including phenoxy) is 2. The van der Waals surface area contributed by atoms with Crippen LogP contribution in [-0.2, 0) is 9.47 Å². The van der Waals surface area contributed by atoms with Crippen LogP contribution in [0.25, 0.3) is 0 Å². The number of amides is 2. The molecule has 2 aliphatic rings. The molecule has 1 N–H and O–H groups in total. The third kappa shape index (κ3) is 3.74. The summed E-state index contributed by atoms with van der Waals surface area (Å²) in [4.78, 5) is 16.6. The third-order valence-corrected chi connectivity index (χ3v) is 5.16. The molecule has 0 unspecified atom stereocenters. The molecule has 3 heterocycles. The summed E-state index contributed by atoms with van der Waals surface area (Å²) in [6.07, 6.45) is 3.30. The summed E-state index contributed by atoms with van der Waals surface area (Å²) in [6.45, 7) is 3.74. The molecule has 0 bridgehead atoms. The van der Waals surface area contributed by atoms with Gasteiger partial charge in [0, 0.05) is 31.8 Å². The van der Waals surface area contributed by atoms with Gasteiger partial charge in [-0.25, -0.2) is 4.79 Å². The van der Waals surface area contributed by atoms with Gasteiger partial charge in [0.2, 0.25) is 0 Å². The SMILES string of the molecule is CN(C)C1(CNC(=O)N2CCO[C@@H](c3ccco3)C2)CCOCC1. The number of carbonyl (C=O) groups excluding carboxylic acids is 1. The van der Waals surface area contributed by atoms with Crippen LogP contribution in [0, 0.1) is 0 Å². The highest BCUT2D eigenvalue weighted by Crippen LogP contribution is 2.26. The topological polar surface area (TPSA) is 67.2 Å². The predicted molar refractivity (Wildman–Crippen MR) is 88.8 cm³/mol. The molecule has 0 aromatic carbocycles. The maximum absolute atomic E-state index is 12.6. The van der Waals surface area contributed by atoms with Crippen molar-refractivity contribution in [3.05, 3.63) is 24.2 Å². The summed E-state index contributed by atoms with van der Waals surface area (Å²) in [5.41, 5.74) is -0.0272. The number of nitrogens with zero attached hydrogens (tertiary/aromatic N) is 2. The summed E-state index contributed by atoms with van der Waals surface area (Å²) < 4.78 is 16.6. The molecular formula is C17H27N3O4. The molecule has 0 radical (unpaired) electrons. The van der Waals surface area contributed by atoms with Crippen molar-refractivity contribution < 1.29 is 18.7 Å². The van der Waals surface area contributed by atoms with Crippen LogP contribution in [0.15, 0.2) is 22.8 Å². The summed E-state index contributed by atoms with van der Waals surface area (Å²) in [5, 5.41) is 3.11. The molecule has 1 aromatic rings. The van der Waals surface area contributed by atoms with Crippen LogP contribution in [0.5, 0.6) is 0 Å². The zero-order chi connectivity index (χ0) is 17.0. The first-order chi connectivity index (χ1) is 11.6. The Bertz CT molecular complexity index is 526. The van der Waals surface area contributed by atoms with E-state index >= 15 is 0 Å². The second-order valence-corrected chi connectivity index (χ2v) is 6.71. The predicted octanol–water partition coefficient (Wildman–Crippen LogP) is 1.47. The molecule has 0 saturated carbocycles. The van der Waals surface area contributed by atoms with Crippen molar-refractivity contribution in [2.45, 2.75) is 24.5 Å². The van der Waals surface area contributed by atoms with Crippen LogP contribution in [0.3, 0.4) is 0 Å². The van der Waals surface area contributed by atoms with E-state index in [4.69, 9.17) is 13.9 Å². The highest BCUT2D eigenvalue weighted by atomic mass is 16.5. The van der Waals surface area contributed by atoms with Gasteiger partial charge in [0.15, 0.2) is 0 Å². The summed E-state index contributed by atoms with van der Waals surface area (Å²) in [7, 11) is 4.14. The lowest BCUT2D eigenvalue weighted by molar-refractivity contribution is -0.0283. The molecule has 1 atom stereocenters. The average molecular weight is 337 g/mol. The minimum atomic E-state index is -0.189. The Kier molecular flexibility index (Phi) is 5.43. The largest absolute Gasteiger partial charge is 0.467 e. The molecule has 0 spiro atoms. The minimum Gasteiger partial charge on any atom is -0.467 e. The number of furan rings is 1. The van der Waals surface area contributed by atoms with E-state index in [9.17, 15) is 4.79 Å². The number of hydrogen-bond acceptors (Lipinski definition) is 5. The van der Waals surface area contributed by atoms with Crippen LogP contribution >= 0.6 is 0 Å². The molecule has 1 aromatic heterocycles. The Labute approximate surface area is 142 Å². The summed E-state index contributed by atoms with van der Waals surface area (Å²) >= 11 is 0. The number of carbonyl (C=O) groups is 1. The molecule has 2 aliphatic heterocycles. The molecule has 134 valence electrons. The Balaban J connectivity index is 1.56. The average Bonchev–Trinajstić information content (AvgIpc) is 3.15. The Morgan fingerprint density at radius 1 is 1.38 bits per heavy atom. The molecule has 24 heavy (non-hydrogen) atoms. The van der Waals surface area contributed by atoms with E-state index in [0.717, 1.165) is 31.8 Å². The van der Waals surface area contributed by atoms with Crippen molar-refractivity contribution in [3.63, 3.8) is 0 Å². The number of nitrogens with one attached hydrogen (secondary N) is 1. The van der Waals surface area contributed by atoms with Gasteiger partial charge >= 0.3 is 6.03 Å². The van der Waals surface area contributed by atoms with Crippen molar-refractivity contribution in [2.75, 3.05) is 53.6 Å². The van der Waals surface area contributed by atoms with E-state index in [1.807, 2.05) is 12.1 Å². The molecule has 7 nitrogen and oxygen atoms in total. The fraction of sp³-hybridized carbons (Fsp3) is 0.706. The van der Waals surface area contributed by atoms with Crippen LogP contribution < -0.4 is 5.32 Å². The van der Waals surface area contributed by atoms with Crippen LogP contribution in [0.4, 0.5) is 4.79 Å². The van der Waals surface area contributed by atoms with Gasteiger partial charge < -0.3 is 29.0 Å². The van der Waals surface area contributed by atoms with E-state index in [-0.39, 0.29) is 17.7 Å². The Morgan fingerprint density at radius 2 is 2.17 bits per heavy atom. The lowest BCUT2D eigenvalue weighted by atomic mass is 9.88. The van der Waals surface area contributed by atoms with E-state index in [1.165, 1.54) is 0 Å². The molecule has 2 saturated heterocycles. The van der Waals surface area contributed by atoms with Crippen LogP contribution in [-0.4, -0.2) is 74.9 Å². The number of hydrogen-bond donors (Lipinski definition) is 1. The zero-order valence-corrected chi connectivity index (χ0v) is 14.5. The van der Waals surface area contributed by atoms with Crippen LogP contribution in [0.2, 0.25) is 0 Å². The van der Waals surface area contributed by atoms with Gasteiger partial charge in [0.05, 0.1) is 19.4 Å². The van der Waals surface area contributed by atoms with E-state index in [2.05, 4.69) is 24.3 Å². The maximum Gasteiger partial charge on any atom is 0.317 e. The number of morpholine rings is 1. The Hall–Kier alpha value is -1.57. The molecular weight excluding hydrogens is 310 g/mol. The van der Waals surface area contributed by atoms with E-state index in [1.54, 1.807) is 11.2 Å². The second kappa shape index (κ2) is 7.55. The van der Waals surface area contributed by atoms with E-state index < -0.39 is 0 Å². The Morgan fingerprint density at radius 3 is 2.83 bits per heavy atom. The summed E-state index contributed by atoms with van der Waals surface area (Å²) in [6, 6.07) is 3.68. The van der Waals surface area contributed by atoms with Crippen molar-refractivity contribution in [1.82, 2.24) is 15.1 Å². The first-order valence-corrected chi connectivity index (χ1v) is 8.54. The van der Waals surface area contributed by atoms with Gasteiger partial charge in [-0.2, -0.15) is 0 Å². The monoisotopic (exact) mass is 337 g/mol. The molecule has 2 amide bonds. The smallest absolute Gasteiger partial charge is 0.317 e. The van der Waals surface area contributed by atoms with Gasteiger partial charge in [0.1, 0.15) is 11.9 Å². The molecule has 2 fully saturated rings. The first-order valence-electron chi connectivity index (χ1n) is 8.54. The van der Waals surface area contributed by atoms with Gasteiger partial charge in [-0.05, 0) is 39.1 Å². The fourth-order valence-electron chi connectivity index (χ4n) is 3.37. The first kappa shape index (κ1) is 17.3. The minimum absolute atomic E-state index is 0.0272. The quantitative estimate of drug-likeness (QED) is 0.901. The van der Waals surface area contributed by atoms with Crippen molar-refractivity contribution in [3.8, 4) is 0 Å². The van der Waals surface area contributed by atoms with Gasteiger partial charge in [-0.3, -0.25) is 0 Å². The summed E-state index contributed by atoms with van der Waals surface area (Å²) in [5.74, 6) is 0.765. The second-order valence-electron chi connectivity index (χ2n) is 6.71. The van der Waals surface area contributed by atoms with Crippen molar-refractivity contribution in [1.29, 1.82) is 0 Å². The van der Waals surface area contributed by atoms with Crippen molar-refractivity contribution in [2.24, 2.45) is 0 Å². The number of rotatable bonds is 4. The standard InChI is InChI=1S/C17H27N3O4/c1-19(2)17(5-9-22-10-6-17)13-18-16(21)20-7-11-24-15(12-20)14-4-3-8-23-14/h3-4,8,15H,5-7,9-13H2,1-2H3,(H,18,21)/t15-/m1/s1. The zero-order valence-electron chi connectivity index (χ0n) is 14.5. The highest BCUT2D eigenvalue weighted by molar-refractivity contribution is 5.74. The number of urea groups is 1. The van der Waals surface area contributed by atoms with Gasteiger partial charge in [0.25, 0.3) is 0 Å². The fourth-order valence-corrected chi connectivity index (χ4v) is 3.37. The van der Waals surface area contributed by atoms with E-state index in [0.29, 0.717) is 26.2 Å². The van der Waals surface area contributed by atoms with Crippen molar-refractivity contribution >= 4 is 6.03 Å². The molecule has 0 aliphatic carbocycles. The maximum atomic E-state index is 12.6. The highest BCUT2D eigenvalue weighted by Gasteiger charge is 2.36. The van der Waals surface area contributed by atoms with Gasteiger partial charge in [-0.15, -0.1) is 0 Å². The third-order valence-electron chi connectivity index (χ3n) is 5.16. The molecule has 3 rings (SSSR count). The van der Waals surface area contributed by atoms with Gasteiger partial charge in [-0.1, -0.05) is 0 Å².